The van der Waals surface area contributed by atoms with Crippen molar-refractivity contribution in [2.45, 2.75) is 67.1 Å². The van der Waals surface area contributed by atoms with Crippen molar-refractivity contribution in [3.8, 4) is 0 Å². The quantitative estimate of drug-likeness (QED) is 0.813. The number of carbonyl (C=O) groups excluding carboxylic acids is 1. The van der Waals surface area contributed by atoms with E-state index in [1.807, 2.05) is 38.1 Å². The summed E-state index contributed by atoms with van der Waals surface area (Å²) >= 11 is 0. The third-order valence-corrected chi connectivity index (χ3v) is 4.33. The van der Waals surface area contributed by atoms with E-state index in [2.05, 4.69) is 60.8 Å². The minimum absolute atomic E-state index is 0.0440. The maximum atomic E-state index is 12.8. The zero-order valence-corrected chi connectivity index (χ0v) is 17.8. The molecule has 1 aromatic heterocycles. The van der Waals surface area contributed by atoms with Crippen molar-refractivity contribution in [3.05, 3.63) is 53.1 Å². The Kier molecular flexibility index (Phi) is 6.68. The van der Waals surface area contributed by atoms with Gasteiger partial charge in [-0.15, -0.1) is 0 Å². The van der Waals surface area contributed by atoms with E-state index in [1.165, 1.54) is 16.7 Å². The minimum atomic E-state index is -0.263. The van der Waals surface area contributed by atoms with Crippen molar-refractivity contribution in [1.82, 2.24) is 19.8 Å². The lowest BCUT2D eigenvalue weighted by Crippen LogP contribution is -2.49. The van der Waals surface area contributed by atoms with E-state index in [-0.39, 0.29) is 11.6 Å². The molecule has 0 atom stereocenters. The number of hydrogen-bond donors (Lipinski definition) is 1. The largest absolute Gasteiger partial charge is 0.333 e. The number of benzene rings is 1. The average Bonchev–Trinajstić information content (AvgIpc) is 2.95. The van der Waals surface area contributed by atoms with E-state index in [0.717, 1.165) is 12.4 Å². The van der Waals surface area contributed by atoms with Gasteiger partial charge in [0.25, 0.3) is 0 Å². The summed E-state index contributed by atoms with van der Waals surface area (Å²) < 4.78 is 2.14. The first-order valence-corrected chi connectivity index (χ1v) is 9.68. The van der Waals surface area contributed by atoms with Crippen LogP contribution in [0.25, 0.3) is 0 Å². The molecule has 2 aromatic rings. The highest BCUT2D eigenvalue weighted by atomic mass is 16.2. The molecule has 148 valence electrons. The fourth-order valence-corrected chi connectivity index (χ4v) is 3.02. The molecule has 0 saturated carbocycles. The molecule has 0 aliphatic heterocycles. The van der Waals surface area contributed by atoms with Gasteiger partial charge in [-0.05, 0) is 51.7 Å². The Morgan fingerprint density at radius 1 is 1.26 bits per heavy atom. The van der Waals surface area contributed by atoms with Gasteiger partial charge >= 0.3 is 6.03 Å². The number of nitrogens with one attached hydrogen (secondary N) is 1. The lowest BCUT2D eigenvalue weighted by atomic mass is 10.1. The summed E-state index contributed by atoms with van der Waals surface area (Å²) in [6.45, 7) is 16.4. The minimum Gasteiger partial charge on any atom is -0.333 e. The first-order chi connectivity index (χ1) is 12.5. The molecule has 0 saturated heterocycles. The highest BCUT2D eigenvalue weighted by molar-refractivity contribution is 5.74. The number of imidazole rings is 1. The van der Waals surface area contributed by atoms with Crippen molar-refractivity contribution in [3.63, 3.8) is 0 Å². The number of urea groups is 1. The molecule has 2 amide bonds. The van der Waals surface area contributed by atoms with Crippen LogP contribution in [0, 0.1) is 19.8 Å². The number of aryl methyl sites for hydroxylation is 2. The van der Waals surface area contributed by atoms with Gasteiger partial charge in [-0.25, -0.2) is 9.78 Å². The van der Waals surface area contributed by atoms with E-state index >= 15 is 0 Å². The van der Waals surface area contributed by atoms with Gasteiger partial charge in [0.2, 0.25) is 0 Å². The summed E-state index contributed by atoms with van der Waals surface area (Å²) in [5, 5.41) is 3.07. The molecule has 1 N–H and O–H groups in total. The fourth-order valence-electron chi connectivity index (χ4n) is 3.02. The summed E-state index contributed by atoms with van der Waals surface area (Å²) in [6, 6.07) is 6.47. The monoisotopic (exact) mass is 370 g/mol. The fraction of sp³-hybridized carbons (Fsp3) is 0.545. The van der Waals surface area contributed by atoms with Crippen LogP contribution in [-0.2, 0) is 13.1 Å². The molecular weight excluding hydrogens is 336 g/mol. The molecule has 27 heavy (non-hydrogen) atoms. The normalized spacial score (nSPS) is 11.7. The van der Waals surface area contributed by atoms with Crippen LogP contribution in [0.4, 0.5) is 4.79 Å². The Hall–Kier alpha value is -2.30. The maximum Gasteiger partial charge on any atom is 0.318 e. The molecule has 0 bridgehead atoms. The molecule has 0 fully saturated rings. The van der Waals surface area contributed by atoms with Crippen molar-refractivity contribution in [2.24, 2.45) is 5.92 Å². The summed E-state index contributed by atoms with van der Waals surface area (Å²) in [6.07, 6.45) is 3.81. The van der Waals surface area contributed by atoms with Crippen LogP contribution in [0.5, 0.6) is 0 Å². The highest BCUT2D eigenvalue weighted by Gasteiger charge is 2.22. The average molecular weight is 371 g/mol. The standard InChI is InChI=1S/C22H34N4O/c1-16(2)13-26(21(27)24-22(5,6)7)15-20-23-10-11-25(20)14-19-12-17(3)8-9-18(19)4/h8-12,16H,13-15H2,1-7H3,(H,24,27). The zero-order chi connectivity index (χ0) is 20.2. The Morgan fingerprint density at radius 2 is 1.96 bits per heavy atom. The van der Waals surface area contributed by atoms with Crippen molar-refractivity contribution < 1.29 is 4.79 Å². The van der Waals surface area contributed by atoms with Crippen molar-refractivity contribution in [1.29, 1.82) is 0 Å². The van der Waals surface area contributed by atoms with Crippen LogP contribution in [0.15, 0.2) is 30.6 Å². The summed E-state index contributed by atoms with van der Waals surface area (Å²) in [4.78, 5) is 19.2. The van der Waals surface area contributed by atoms with E-state index in [9.17, 15) is 4.79 Å². The summed E-state index contributed by atoms with van der Waals surface area (Å²) in [5.74, 6) is 1.29. The second kappa shape index (κ2) is 8.59. The van der Waals surface area contributed by atoms with E-state index in [4.69, 9.17) is 0 Å². The van der Waals surface area contributed by atoms with Gasteiger partial charge in [-0.1, -0.05) is 37.6 Å². The lowest BCUT2D eigenvalue weighted by molar-refractivity contribution is 0.177. The number of aromatic nitrogens is 2. The molecule has 5 nitrogen and oxygen atoms in total. The first kappa shape index (κ1) is 21.0. The Bertz CT molecular complexity index is 771. The Labute approximate surface area is 163 Å². The van der Waals surface area contributed by atoms with E-state index in [0.29, 0.717) is 19.0 Å². The van der Waals surface area contributed by atoms with Crippen LogP contribution in [-0.4, -0.2) is 32.6 Å². The molecule has 0 radical (unpaired) electrons. The highest BCUT2D eigenvalue weighted by Crippen LogP contribution is 2.15. The molecule has 0 unspecified atom stereocenters. The van der Waals surface area contributed by atoms with Crippen LogP contribution < -0.4 is 5.32 Å². The van der Waals surface area contributed by atoms with E-state index in [1.54, 1.807) is 0 Å². The van der Waals surface area contributed by atoms with Crippen LogP contribution in [0.3, 0.4) is 0 Å². The van der Waals surface area contributed by atoms with E-state index < -0.39 is 0 Å². The van der Waals surface area contributed by atoms with Gasteiger partial charge in [0.05, 0.1) is 6.54 Å². The zero-order valence-electron chi connectivity index (χ0n) is 17.8. The Balaban J connectivity index is 2.20. The summed E-state index contributed by atoms with van der Waals surface area (Å²) in [7, 11) is 0. The van der Waals surface area contributed by atoms with Gasteiger partial charge in [0.1, 0.15) is 5.82 Å². The molecule has 0 spiro atoms. The van der Waals surface area contributed by atoms with Crippen LogP contribution in [0.2, 0.25) is 0 Å². The second-order valence-corrected chi connectivity index (χ2v) is 8.86. The third-order valence-electron chi connectivity index (χ3n) is 4.33. The number of amides is 2. The summed E-state index contributed by atoms with van der Waals surface area (Å²) in [5.41, 5.74) is 3.54. The molecule has 2 rings (SSSR count). The Morgan fingerprint density at radius 3 is 2.59 bits per heavy atom. The number of nitrogens with zero attached hydrogens (tertiary/aromatic N) is 3. The van der Waals surface area contributed by atoms with Crippen molar-refractivity contribution >= 4 is 6.03 Å². The van der Waals surface area contributed by atoms with Gasteiger partial charge < -0.3 is 14.8 Å². The molecule has 0 aliphatic rings. The molecule has 1 aromatic carbocycles. The molecule has 5 heteroatoms. The van der Waals surface area contributed by atoms with Gasteiger partial charge in [-0.3, -0.25) is 0 Å². The number of hydrogen-bond acceptors (Lipinski definition) is 2. The maximum absolute atomic E-state index is 12.8. The van der Waals surface area contributed by atoms with Gasteiger partial charge in [0, 0.05) is 31.0 Å². The SMILES string of the molecule is Cc1ccc(C)c(Cn2ccnc2CN(CC(C)C)C(=O)NC(C)(C)C)c1. The predicted octanol–water partition coefficient (Wildman–Crippen LogP) is 4.51. The van der Waals surface area contributed by atoms with Gasteiger partial charge in [0.15, 0.2) is 0 Å². The lowest BCUT2D eigenvalue weighted by Gasteiger charge is -2.29. The van der Waals surface area contributed by atoms with Crippen LogP contribution in [0.1, 0.15) is 57.1 Å². The first-order valence-electron chi connectivity index (χ1n) is 9.68. The number of carbonyl (C=O) groups is 1. The molecule has 1 heterocycles. The smallest absolute Gasteiger partial charge is 0.318 e. The third kappa shape index (κ3) is 6.42. The topological polar surface area (TPSA) is 50.2 Å². The number of rotatable bonds is 6. The second-order valence-electron chi connectivity index (χ2n) is 8.86. The predicted molar refractivity (Wildman–Crippen MR) is 111 cm³/mol. The van der Waals surface area contributed by atoms with Crippen LogP contribution >= 0.6 is 0 Å². The van der Waals surface area contributed by atoms with Gasteiger partial charge in [-0.2, -0.15) is 0 Å². The van der Waals surface area contributed by atoms with Crippen molar-refractivity contribution in [2.75, 3.05) is 6.54 Å². The molecular formula is C22H34N4O. The molecule has 0 aliphatic carbocycles.